The number of nitrogens with two attached hydrogens (primary N) is 1. The Morgan fingerprint density at radius 2 is 2.20 bits per heavy atom. The van der Waals surface area contributed by atoms with Gasteiger partial charge in [-0.05, 0) is 6.07 Å². The van der Waals surface area contributed by atoms with E-state index in [0.717, 1.165) is 0 Å². The van der Waals surface area contributed by atoms with Crippen molar-refractivity contribution in [3.05, 3.63) is 30.2 Å². The summed E-state index contributed by atoms with van der Waals surface area (Å²) >= 11 is 0. The highest BCUT2D eigenvalue weighted by molar-refractivity contribution is 6.04. The molecule has 76 valence electrons. The predicted octanol–water partition coefficient (Wildman–Crippen LogP) is 0.737. The molecule has 0 saturated carbocycles. The van der Waals surface area contributed by atoms with E-state index in [2.05, 4.69) is 9.97 Å². The fourth-order valence-corrected chi connectivity index (χ4v) is 1.42. The molecule has 5 nitrogen and oxygen atoms in total. The van der Waals surface area contributed by atoms with Gasteiger partial charge in [-0.3, -0.25) is 4.79 Å². The van der Waals surface area contributed by atoms with E-state index in [1.807, 2.05) is 0 Å². The summed E-state index contributed by atoms with van der Waals surface area (Å²) in [5.41, 5.74) is 6.00. The van der Waals surface area contributed by atoms with Crippen LogP contribution in [0.3, 0.4) is 0 Å². The number of hydrogen-bond donors (Lipinski definition) is 1. The molecule has 2 aromatic rings. The van der Waals surface area contributed by atoms with Crippen LogP contribution in [0.4, 0.5) is 0 Å². The Balaban J connectivity index is 2.82. The van der Waals surface area contributed by atoms with Crippen molar-refractivity contribution < 1.29 is 9.53 Å². The molecule has 0 unspecified atom stereocenters. The van der Waals surface area contributed by atoms with Gasteiger partial charge < -0.3 is 10.5 Å². The van der Waals surface area contributed by atoms with Crippen molar-refractivity contribution in [3.63, 3.8) is 0 Å². The minimum atomic E-state index is -0.573. The molecule has 1 aromatic heterocycles. The minimum absolute atomic E-state index is 0.207. The number of methoxy groups -OCH3 is 1. The lowest BCUT2D eigenvalue weighted by Gasteiger charge is -2.05. The first kappa shape index (κ1) is 9.39. The summed E-state index contributed by atoms with van der Waals surface area (Å²) in [6.45, 7) is 0. The number of nitrogens with zero attached hydrogens (tertiary/aromatic N) is 2. The van der Waals surface area contributed by atoms with Crippen molar-refractivity contribution in [2.24, 2.45) is 5.73 Å². The van der Waals surface area contributed by atoms with Crippen molar-refractivity contribution in [2.45, 2.75) is 0 Å². The van der Waals surface area contributed by atoms with Crippen LogP contribution >= 0.6 is 0 Å². The van der Waals surface area contributed by atoms with Crippen LogP contribution in [-0.2, 0) is 0 Å². The molecule has 0 atom stereocenters. The monoisotopic (exact) mass is 203 g/mol. The molecule has 2 rings (SSSR count). The molecule has 1 heterocycles. The molecule has 0 bridgehead atoms. The summed E-state index contributed by atoms with van der Waals surface area (Å²) < 4.78 is 5.12. The van der Waals surface area contributed by atoms with E-state index in [4.69, 9.17) is 10.5 Å². The van der Waals surface area contributed by atoms with Gasteiger partial charge in [0.1, 0.15) is 23.3 Å². The Morgan fingerprint density at radius 1 is 1.40 bits per heavy atom. The molecule has 5 heteroatoms. The first-order chi connectivity index (χ1) is 7.24. The molecule has 0 aliphatic rings. The van der Waals surface area contributed by atoms with Crippen molar-refractivity contribution in [1.82, 2.24) is 9.97 Å². The van der Waals surface area contributed by atoms with Gasteiger partial charge in [0.25, 0.3) is 5.91 Å². The molecule has 0 aliphatic heterocycles. The summed E-state index contributed by atoms with van der Waals surface area (Å²) in [7, 11) is 1.54. The number of fused-ring (bicyclic) bond motifs is 1. The molecule has 0 spiro atoms. The molecular formula is C10H9N3O2. The fraction of sp³-hybridized carbons (Fsp3) is 0.100. The van der Waals surface area contributed by atoms with E-state index in [-0.39, 0.29) is 5.69 Å². The van der Waals surface area contributed by atoms with Crippen molar-refractivity contribution in [1.29, 1.82) is 0 Å². The second-order valence-corrected chi connectivity index (χ2v) is 2.94. The van der Waals surface area contributed by atoms with E-state index in [1.54, 1.807) is 25.3 Å². The first-order valence-electron chi connectivity index (χ1n) is 4.31. The van der Waals surface area contributed by atoms with Gasteiger partial charge in [-0.2, -0.15) is 0 Å². The highest BCUT2D eigenvalue weighted by atomic mass is 16.5. The fourth-order valence-electron chi connectivity index (χ4n) is 1.42. The van der Waals surface area contributed by atoms with Gasteiger partial charge in [0, 0.05) is 5.39 Å². The largest absolute Gasteiger partial charge is 0.494 e. The average molecular weight is 203 g/mol. The maximum Gasteiger partial charge on any atom is 0.268 e. The number of carbonyl (C=O) groups excluding carboxylic acids is 1. The van der Waals surface area contributed by atoms with Crippen molar-refractivity contribution in [2.75, 3.05) is 7.11 Å². The summed E-state index contributed by atoms with van der Waals surface area (Å²) in [5, 5.41) is 0.601. The van der Waals surface area contributed by atoms with Crippen LogP contribution in [0, 0.1) is 0 Å². The topological polar surface area (TPSA) is 78.1 Å². The second-order valence-electron chi connectivity index (χ2n) is 2.94. The number of carbonyl (C=O) groups is 1. The van der Waals surface area contributed by atoms with Gasteiger partial charge in [-0.1, -0.05) is 12.1 Å². The van der Waals surface area contributed by atoms with Gasteiger partial charge in [0.2, 0.25) is 0 Å². The van der Waals surface area contributed by atoms with Crippen LogP contribution < -0.4 is 10.5 Å². The van der Waals surface area contributed by atoms with Gasteiger partial charge >= 0.3 is 0 Å². The Labute approximate surface area is 85.9 Å². The molecule has 2 N–H and O–H groups in total. The molecule has 0 aliphatic carbocycles. The number of benzene rings is 1. The van der Waals surface area contributed by atoms with E-state index in [1.165, 1.54) is 6.33 Å². The Morgan fingerprint density at radius 3 is 2.87 bits per heavy atom. The zero-order valence-corrected chi connectivity index (χ0v) is 8.10. The molecule has 1 amide bonds. The number of primary amides is 1. The van der Waals surface area contributed by atoms with Crippen LogP contribution in [-0.4, -0.2) is 23.0 Å². The van der Waals surface area contributed by atoms with Gasteiger partial charge in [-0.25, -0.2) is 9.97 Å². The maximum absolute atomic E-state index is 11.1. The number of aromatic nitrogens is 2. The van der Waals surface area contributed by atoms with E-state index < -0.39 is 5.91 Å². The summed E-state index contributed by atoms with van der Waals surface area (Å²) in [5.74, 6) is 0.0213. The zero-order valence-electron chi connectivity index (χ0n) is 8.10. The standard InChI is InChI=1S/C10H9N3O2/c1-15-7-4-2-3-6-8(7)12-5-13-9(6)10(11)14/h2-5H,1H3,(H2,11,14). The number of rotatable bonds is 2. The molecule has 15 heavy (non-hydrogen) atoms. The SMILES string of the molecule is COc1cccc2c(C(N)=O)ncnc12. The average Bonchev–Trinajstić information content (AvgIpc) is 2.27. The third-order valence-electron chi connectivity index (χ3n) is 2.08. The molecule has 0 fully saturated rings. The Kier molecular flexibility index (Phi) is 2.21. The second kappa shape index (κ2) is 3.53. The quantitative estimate of drug-likeness (QED) is 0.780. The highest BCUT2D eigenvalue weighted by Crippen LogP contribution is 2.23. The van der Waals surface area contributed by atoms with E-state index in [9.17, 15) is 4.79 Å². The number of para-hydroxylation sites is 1. The van der Waals surface area contributed by atoms with Crippen LogP contribution in [0.2, 0.25) is 0 Å². The lowest BCUT2D eigenvalue weighted by molar-refractivity contribution is 0.0997. The zero-order chi connectivity index (χ0) is 10.8. The maximum atomic E-state index is 11.1. The van der Waals surface area contributed by atoms with Crippen LogP contribution in [0.15, 0.2) is 24.5 Å². The van der Waals surface area contributed by atoms with Gasteiger partial charge in [0.15, 0.2) is 0 Å². The Hall–Kier alpha value is -2.17. The molecule has 1 aromatic carbocycles. The van der Waals surface area contributed by atoms with E-state index in [0.29, 0.717) is 16.7 Å². The van der Waals surface area contributed by atoms with Crippen LogP contribution in [0.1, 0.15) is 10.5 Å². The first-order valence-corrected chi connectivity index (χ1v) is 4.31. The third-order valence-corrected chi connectivity index (χ3v) is 2.08. The molecule has 0 saturated heterocycles. The predicted molar refractivity (Wildman–Crippen MR) is 54.6 cm³/mol. The Bertz CT molecular complexity index is 525. The normalized spacial score (nSPS) is 10.2. The number of hydrogen-bond acceptors (Lipinski definition) is 4. The van der Waals surface area contributed by atoms with Crippen molar-refractivity contribution in [3.8, 4) is 5.75 Å². The van der Waals surface area contributed by atoms with Gasteiger partial charge in [0.05, 0.1) is 7.11 Å². The lowest BCUT2D eigenvalue weighted by atomic mass is 10.1. The number of ether oxygens (including phenoxy) is 1. The van der Waals surface area contributed by atoms with E-state index >= 15 is 0 Å². The highest BCUT2D eigenvalue weighted by Gasteiger charge is 2.11. The third kappa shape index (κ3) is 1.48. The molecule has 0 radical (unpaired) electrons. The summed E-state index contributed by atoms with van der Waals surface area (Å²) in [6.07, 6.45) is 1.30. The van der Waals surface area contributed by atoms with Crippen molar-refractivity contribution >= 4 is 16.8 Å². The van der Waals surface area contributed by atoms with Crippen LogP contribution in [0.25, 0.3) is 10.9 Å². The molecular weight excluding hydrogens is 194 g/mol. The lowest BCUT2D eigenvalue weighted by Crippen LogP contribution is -2.13. The summed E-state index contributed by atoms with van der Waals surface area (Å²) in [4.78, 5) is 19.0. The number of amides is 1. The smallest absolute Gasteiger partial charge is 0.268 e. The summed E-state index contributed by atoms with van der Waals surface area (Å²) in [6, 6.07) is 5.26. The van der Waals surface area contributed by atoms with Crippen LogP contribution in [0.5, 0.6) is 5.75 Å². The van der Waals surface area contributed by atoms with Gasteiger partial charge in [-0.15, -0.1) is 0 Å². The minimum Gasteiger partial charge on any atom is -0.494 e.